The van der Waals surface area contributed by atoms with Crippen molar-refractivity contribution in [3.8, 4) is 67.9 Å². The number of benzene rings is 12. The molecule has 3 aliphatic heterocycles. The standard InChI is InChI=1S/C87H78N4O6/c1-85(2)76-49-58(55-13-19-61(20-14-55)88(64-25-37-70(92-7)38-26-64)65-27-39-71(93-8)40-28-65)51-78-82(76)91-83-77(85)50-59(56-15-21-62(22-16-56)89(66-29-41-72(94-9)42-30-66)67-31-43-73(95-10)44-32-67)52-79(83)87(5,6)81-54-60(53-80(84(81)91)86(78,3)4)57-17-23-63(24-18-57)90(68-33-45-74(96-11)46-34-68)69-35-47-75(97-12)48-36-69/h13-54H,1-12H3. The molecular formula is C87H78N4O6. The van der Waals surface area contributed by atoms with Crippen LogP contribution in [0.5, 0.6) is 34.5 Å². The van der Waals surface area contributed by atoms with Gasteiger partial charge in [0.15, 0.2) is 0 Å². The highest BCUT2D eigenvalue weighted by atomic mass is 16.5. The molecule has 482 valence electrons. The van der Waals surface area contributed by atoms with Crippen LogP contribution in [0.4, 0.5) is 68.2 Å². The van der Waals surface area contributed by atoms with Gasteiger partial charge in [0.2, 0.25) is 0 Å². The van der Waals surface area contributed by atoms with Gasteiger partial charge in [-0.25, -0.2) is 0 Å². The van der Waals surface area contributed by atoms with Crippen LogP contribution in [-0.2, 0) is 16.2 Å². The van der Waals surface area contributed by atoms with Gasteiger partial charge in [0.25, 0.3) is 0 Å². The molecule has 0 N–H and O–H groups in total. The van der Waals surface area contributed by atoms with E-state index in [1.807, 2.05) is 72.8 Å². The van der Waals surface area contributed by atoms with Crippen molar-refractivity contribution in [2.45, 2.75) is 57.8 Å². The summed E-state index contributed by atoms with van der Waals surface area (Å²) in [6.45, 7) is 14.7. The number of anilines is 12. The van der Waals surface area contributed by atoms with Crippen LogP contribution in [0.3, 0.4) is 0 Å². The Morgan fingerprint density at radius 3 is 0.495 bits per heavy atom. The predicted octanol–water partition coefficient (Wildman–Crippen LogP) is 22.5. The first-order valence-corrected chi connectivity index (χ1v) is 33.0. The summed E-state index contributed by atoms with van der Waals surface area (Å²) in [5, 5.41) is 0. The molecule has 0 saturated heterocycles. The van der Waals surface area contributed by atoms with Crippen molar-refractivity contribution in [2.75, 3.05) is 62.3 Å². The second-order valence-corrected chi connectivity index (χ2v) is 26.8. The summed E-state index contributed by atoms with van der Waals surface area (Å²) in [5.41, 5.74) is 26.4. The van der Waals surface area contributed by atoms with Crippen molar-refractivity contribution >= 4 is 68.2 Å². The summed E-state index contributed by atoms with van der Waals surface area (Å²) in [4.78, 5) is 9.51. The van der Waals surface area contributed by atoms with Crippen LogP contribution in [0, 0.1) is 0 Å². The van der Waals surface area contributed by atoms with E-state index in [1.54, 1.807) is 42.7 Å². The molecule has 0 radical (unpaired) electrons. The van der Waals surface area contributed by atoms with Gasteiger partial charge < -0.3 is 48.0 Å². The number of ether oxygens (including phenoxy) is 6. The molecule has 0 aliphatic carbocycles. The molecule has 10 nitrogen and oxygen atoms in total. The molecule has 12 aromatic carbocycles. The van der Waals surface area contributed by atoms with E-state index in [1.165, 1.54) is 67.1 Å². The SMILES string of the molecule is COc1ccc(N(c2ccc(OC)cc2)c2ccc(-c3cc4c5c(c3)C(C)(C)c3cc(-c6ccc(N(c7ccc(OC)cc7)c7ccc(OC)cc7)cc6)cc6c3N5c3c(cc(-c5ccc(N(c7ccc(OC)cc7)c7ccc(OC)cc7)cc5)cc3C6(C)C)C4(C)C)cc2)cc1. The van der Waals surface area contributed by atoms with Crippen LogP contribution in [0.15, 0.2) is 255 Å². The van der Waals surface area contributed by atoms with Gasteiger partial charge in [-0.05, 0) is 285 Å². The number of hydrogen-bond donors (Lipinski definition) is 0. The fourth-order valence-corrected chi connectivity index (χ4v) is 14.9. The zero-order valence-corrected chi connectivity index (χ0v) is 57.0. The van der Waals surface area contributed by atoms with E-state index >= 15 is 0 Å². The van der Waals surface area contributed by atoms with Crippen molar-refractivity contribution in [2.24, 2.45) is 0 Å². The Labute approximate surface area is 569 Å². The quantitative estimate of drug-likeness (QED) is 0.0830. The normalized spacial score (nSPS) is 13.8. The van der Waals surface area contributed by atoms with E-state index in [9.17, 15) is 0 Å². The zero-order valence-electron chi connectivity index (χ0n) is 57.0. The lowest BCUT2D eigenvalue weighted by atomic mass is 9.60. The third kappa shape index (κ3) is 10.5. The van der Waals surface area contributed by atoms with Crippen molar-refractivity contribution < 1.29 is 28.4 Å². The van der Waals surface area contributed by atoms with E-state index in [4.69, 9.17) is 28.4 Å². The van der Waals surface area contributed by atoms with Crippen molar-refractivity contribution in [3.63, 3.8) is 0 Å². The first-order chi connectivity index (χ1) is 47.0. The van der Waals surface area contributed by atoms with Crippen LogP contribution >= 0.6 is 0 Å². The molecule has 0 bridgehead atoms. The summed E-state index contributed by atoms with van der Waals surface area (Å²) >= 11 is 0. The average Bonchev–Trinajstić information content (AvgIpc) is 0.663. The number of hydrogen-bond acceptors (Lipinski definition) is 10. The first kappa shape index (κ1) is 61.8. The minimum atomic E-state index is -0.440. The molecule has 0 saturated carbocycles. The van der Waals surface area contributed by atoms with Gasteiger partial charge in [0.1, 0.15) is 34.5 Å². The van der Waals surface area contributed by atoms with Crippen LogP contribution in [0.25, 0.3) is 33.4 Å². The van der Waals surface area contributed by atoms with Crippen LogP contribution in [-0.4, -0.2) is 42.7 Å². The summed E-state index contributed by atoms with van der Waals surface area (Å²) in [5.74, 6) is 4.81. The number of rotatable bonds is 18. The molecule has 3 aliphatic rings. The fourth-order valence-electron chi connectivity index (χ4n) is 14.9. The van der Waals surface area contributed by atoms with Gasteiger partial charge >= 0.3 is 0 Å². The van der Waals surface area contributed by atoms with E-state index < -0.39 is 16.2 Å². The smallest absolute Gasteiger partial charge is 0.119 e. The molecule has 12 aromatic rings. The van der Waals surface area contributed by atoms with Gasteiger partial charge in [-0.2, -0.15) is 0 Å². The lowest BCUT2D eigenvalue weighted by molar-refractivity contribution is 0.414. The lowest BCUT2D eigenvalue weighted by Gasteiger charge is -2.55. The van der Waals surface area contributed by atoms with E-state index in [0.29, 0.717) is 0 Å². The molecule has 0 amide bonds. The highest BCUT2D eigenvalue weighted by molar-refractivity contribution is 6.01. The van der Waals surface area contributed by atoms with Gasteiger partial charge in [-0.3, -0.25) is 0 Å². The molecule has 0 unspecified atom stereocenters. The second-order valence-electron chi connectivity index (χ2n) is 26.8. The molecule has 0 atom stereocenters. The maximum absolute atomic E-state index is 5.60. The van der Waals surface area contributed by atoms with Crippen molar-refractivity contribution in [3.05, 3.63) is 288 Å². The predicted molar refractivity (Wildman–Crippen MR) is 397 cm³/mol. The van der Waals surface area contributed by atoms with Gasteiger partial charge in [0, 0.05) is 67.4 Å². The fraction of sp³-hybridized carbons (Fsp3) is 0.172. The molecule has 0 aromatic heterocycles. The van der Waals surface area contributed by atoms with E-state index in [-0.39, 0.29) is 0 Å². The number of nitrogens with zero attached hydrogens (tertiary/aromatic N) is 4. The van der Waals surface area contributed by atoms with Crippen LogP contribution < -0.4 is 48.0 Å². The molecule has 15 rings (SSSR count). The third-order valence-corrected chi connectivity index (χ3v) is 20.4. The average molecular weight is 1280 g/mol. The van der Waals surface area contributed by atoms with E-state index in [2.05, 4.69) is 243 Å². The highest BCUT2D eigenvalue weighted by Crippen LogP contribution is 2.67. The van der Waals surface area contributed by atoms with Gasteiger partial charge in [-0.15, -0.1) is 0 Å². The van der Waals surface area contributed by atoms with E-state index in [0.717, 1.165) is 102 Å². The third-order valence-electron chi connectivity index (χ3n) is 20.4. The molecular weight excluding hydrogens is 1200 g/mol. The Morgan fingerprint density at radius 1 is 0.206 bits per heavy atom. The summed E-state index contributed by atoms with van der Waals surface area (Å²) in [6, 6.07) is 91.5. The summed E-state index contributed by atoms with van der Waals surface area (Å²) in [6.07, 6.45) is 0. The van der Waals surface area contributed by atoms with Crippen LogP contribution in [0.2, 0.25) is 0 Å². The van der Waals surface area contributed by atoms with Crippen LogP contribution in [0.1, 0.15) is 74.9 Å². The molecule has 0 spiro atoms. The molecule has 3 heterocycles. The number of methoxy groups -OCH3 is 6. The monoisotopic (exact) mass is 1270 g/mol. The largest absolute Gasteiger partial charge is 0.497 e. The first-order valence-electron chi connectivity index (χ1n) is 33.0. The molecule has 0 fully saturated rings. The zero-order chi connectivity index (χ0) is 67.1. The Kier molecular flexibility index (Phi) is 15.4. The Hall–Kier alpha value is -11.4. The minimum absolute atomic E-state index is 0.440. The Balaban J connectivity index is 0.893. The van der Waals surface area contributed by atoms with Crippen molar-refractivity contribution in [1.82, 2.24) is 0 Å². The molecule has 97 heavy (non-hydrogen) atoms. The maximum atomic E-state index is 5.60. The maximum Gasteiger partial charge on any atom is 0.119 e. The topological polar surface area (TPSA) is 68.3 Å². The van der Waals surface area contributed by atoms with Crippen molar-refractivity contribution in [1.29, 1.82) is 0 Å². The Morgan fingerprint density at radius 2 is 0.351 bits per heavy atom. The summed E-state index contributed by atoms with van der Waals surface area (Å²) < 4.78 is 33.6. The lowest BCUT2D eigenvalue weighted by Crippen LogP contribution is -2.43. The van der Waals surface area contributed by atoms with Gasteiger partial charge in [-0.1, -0.05) is 77.9 Å². The second kappa shape index (κ2) is 24.1. The Bertz CT molecular complexity index is 4190. The molecule has 10 heteroatoms. The minimum Gasteiger partial charge on any atom is -0.497 e. The van der Waals surface area contributed by atoms with Gasteiger partial charge in [0.05, 0.1) is 59.7 Å². The highest BCUT2D eigenvalue weighted by Gasteiger charge is 2.52. The summed E-state index contributed by atoms with van der Waals surface area (Å²) in [7, 11) is 10.2.